The van der Waals surface area contributed by atoms with Crippen LogP contribution in [0.15, 0.2) is 53.0 Å². The van der Waals surface area contributed by atoms with Crippen LogP contribution in [0.2, 0.25) is 0 Å². The van der Waals surface area contributed by atoms with Gasteiger partial charge in [-0.15, -0.1) is 21.5 Å². The van der Waals surface area contributed by atoms with Crippen LogP contribution in [0.5, 0.6) is 0 Å². The molecule has 0 radical (unpaired) electrons. The molecular weight excluding hydrogens is 376 g/mol. The number of hydrogen-bond acceptors (Lipinski definition) is 5. The molecule has 7 heteroatoms. The molecule has 0 aliphatic carbocycles. The largest absolute Gasteiger partial charge is 0.353 e. The Kier molecular flexibility index (Phi) is 7.06. The number of amides is 1. The molecule has 3 aromatic rings. The monoisotopic (exact) mass is 400 g/mol. The maximum Gasteiger partial charge on any atom is 0.230 e. The van der Waals surface area contributed by atoms with Crippen LogP contribution in [0, 0.1) is 0 Å². The van der Waals surface area contributed by atoms with Gasteiger partial charge in [0.1, 0.15) is 5.82 Å². The molecule has 5 nitrogen and oxygen atoms in total. The molecule has 0 aliphatic heterocycles. The summed E-state index contributed by atoms with van der Waals surface area (Å²) in [6, 6.07) is 14.7. The Labute approximate surface area is 168 Å². The molecule has 2 aromatic heterocycles. The average molecular weight is 401 g/mol. The quantitative estimate of drug-likeness (QED) is 0.555. The lowest BCUT2D eigenvalue weighted by Crippen LogP contribution is -2.31. The molecule has 27 heavy (non-hydrogen) atoms. The van der Waals surface area contributed by atoms with E-state index in [1.165, 1.54) is 22.2 Å². The fourth-order valence-corrected chi connectivity index (χ4v) is 4.23. The van der Waals surface area contributed by atoms with Crippen molar-refractivity contribution in [2.24, 2.45) is 0 Å². The zero-order chi connectivity index (χ0) is 19.1. The smallest absolute Gasteiger partial charge is 0.230 e. The fraction of sp³-hybridized carbons (Fsp3) is 0.350. The minimum atomic E-state index is 0.0208. The number of hydrogen-bond donors (Lipinski definition) is 1. The molecule has 0 unspecified atom stereocenters. The number of aryl methyl sites for hydroxylation is 1. The van der Waals surface area contributed by atoms with E-state index in [9.17, 15) is 4.79 Å². The van der Waals surface area contributed by atoms with Crippen molar-refractivity contribution in [1.29, 1.82) is 0 Å². The maximum absolute atomic E-state index is 12.0. The van der Waals surface area contributed by atoms with Gasteiger partial charge in [0.25, 0.3) is 0 Å². The SMILES string of the molecule is CC(C)NC(=O)CSc1nnc(Cc2cccs2)n1CCc1ccccc1. The minimum absolute atomic E-state index is 0.0208. The van der Waals surface area contributed by atoms with Crippen LogP contribution >= 0.6 is 23.1 Å². The van der Waals surface area contributed by atoms with Crippen LogP contribution in [0.1, 0.15) is 30.1 Å². The highest BCUT2D eigenvalue weighted by atomic mass is 32.2. The van der Waals surface area contributed by atoms with Crippen molar-refractivity contribution in [3.05, 3.63) is 64.1 Å². The first kappa shape index (κ1) is 19.6. The molecule has 0 saturated carbocycles. The Balaban J connectivity index is 1.73. The average Bonchev–Trinajstić information content (AvgIpc) is 3.29. The molecule has 0 atom stereocenters. The third-order valence-corrected chi connectivity index (χ3v) is 5.80. The van der Waals surface area contributed by atoms with E-state index in [1.807, 2.05) is 19.9 Å². The molecular formula is C20H24N4OS2. The Morgan fingerprint density at radius 1 is 1.19 bits per heavy atom. The summed E-state index contributed by atoms with van der Waals surface area (Å²) in [6.07, 6.45) is 1.67. The van der Waals surface area contributed by atoms with Crippen molar-refractivity contribution >= 4 is 29.0 Å². The van der Waals surface area contributed by atoms with Gasteiger partial charge in [-0.25, -0.2) is 0 Å². The molecule has 3 rings (SSSR count). The Bertz CT molecular complexity index is 844. The summed E-state index contributed by atoms with van der Waals surface area (Å²) in [5, 5.41) is 14.6. The van der Waals surface area contributed by atoms with E-state index >= 15 is 0 Å². The van der Waals surface area contributed by atoms with E-state index in [4.69, 9.17) is 0 Å². The molecule has 2 heterocycles. The van der Waals surface area contributed by atoms with E-state index in [0.29, 0.717) is 5.75 Å². The van der Waals surface area contributed by atoms with Crippen molar-refractivity contribution in [3.63, 3.8) is 0 Å². The first-order valence-electron chi connectivity index (χ1n) is 9.02. The predicted octanol–water partition coefficient (Wildman–Crippen LogP) is 3.79. The molecule has 0 fully saturated rings. The van der Waals surface area contributed by atoms with Crippen LogP contribution < -0.4 is 5.32 Å². The summed E-state index contributed by atoms with van der Waals surface area (Å²) < 4.78 is 2.15. The van der Waals surface area contributed by atoms with Crippen LogP contribution in [-0.4, -0.2) is 32.5 Å². The second-order valence-electron chi connectivity index (χ2n) is 6.55. The van der Waals surface area contributed by atoms with E-state index in [2.05, 4.69) is 61.9 Å². The Morgan fingerprint density at radius 3 is 2.70 bits per heavy atom. The second kappa shape index (κ2) is 9.71. The van der Waals surface area contributed by atoms with Crippen molar-refractivity contribution in [1.82, 2.24) is 20.1 Å². The summed E-state index contributed by atoms with van der Waals surface area (Å²) in [7, 11) is 0. The maximum atomic E-state index is 12.0. The fourth-order valence-electron chi connectivity index (χ4n) is 2.73. The zero-order valence-corrected chi connectivity index (χ0v) is 17.2. The van der Waals surface area contributed by atoms with Crippen LogP contribution in [0.25, 0.3) is 0 Å². The highest BCUT2D eigenvalue weighted by Gasteiger charge is 2.15. The number of nitrogens with zero attached hydrogens (tertiary/aromatic N) is 3. The number of nitrogens with one attached hydrogen (secondary N) is 1. The van der Waals surface area contributed by atoms with Gasteiger partial charge in [-0.3, -0.25) is 4.79 Å². The number of aromatic nitrogens is 3. The third kappa shape index (κ3) is 5.94. The van der Waals surface area contributed by atoms with Crippen LogP contribution in [0.3, 0.4) is 0 Å². The number of carbonyl (C=O) groups excluding carboxylic acids is 1. The van der Waals surface area contributed by atoms with Gasteiger partial charge in [-0.2, -0.15) is 0 Å². The summed E-state index contributed by atoms with van der Waals surface area (Å²) in [5.41, 5.74) is 1.28. The lowest BCUT2D eigenvalue weighted by atomic mass is 10.1. The van der Waals surface area contributed by atoms with Gasteiger partial charge in [0.05, 0.1) is 5.75 Å². The standard InChI is InChI=1S/C20H24N4OS2/c1-15(2)21-19(25)14-27-20-23-22-18(13-17-9-6-12-26-17)24(20)11-10-16-7-4-3-5-8-16/h3-9,12,15H,10-11,13-14H2,1-2H3,(H,21,25). The van der Waals surface area contributed by atoms with E-state index in [-0.39, 0.29) is 11.9 Å². The topological polar surface area (TPSA) is 59.8 Å². The molecule has 0 saturated heterocycles. The minimum Gasteiger partial charge on any atom is -0.353 e. The number of thioether (sulfide) groups is 1. The van der Waals surface area contributed by atoms with Crippen molar-refractivity contribution in [3.8, 4) is 0 Å². The molecule has 1 aromatic carbocycles. The highest BCUT2D eigenvalue weighted by Crippen LogP contribution is 2.21. The molecule has 1 N–H and O–H groups in total. The van der Waals surface area contributed by atoms with E-state index in [1.54, 1.807) is 11.3 Å². The summed E-state index contributed by atoms with van der Waals surface area (Å²) >= 11 is 3.17. The van der Waals surface area contributed by atoms with Gasteiger partial charge in [-0.05, 0) is 37.3 Å². The van der Waals surface area contributed by atoms with Crippen LogP contribution in [0.4, 0.5) is 0 Å². The lowest BCUT2D eigenvalue weighted by molar-refractivity contribution is -0.119. The number of rotatable bonds is 9. The number of benzene rings is 1. The van der Waals surface area contributed by atoms with Gasteiger partial charge in [-0.1, -0.05) is 48.2 Å². The Hall–Kier alpha value is -2.12. The summed E-state index contributed by atoms with van der Waals surface area (Å²) in [4.78, 5) is 13.3. The van der Waals surface area contributed by atoms with Gasteiger partial charge in [0.15, 0.2) is 5.16 Å². The first-order chi connectivity index (χ1) is 13.1. The normalized spacial score (nSPS) is 11.1. The predicted molar refractivity (Wildman–Crippen MR) is 111 cm³/mol. The molecule has 0 bridgehead atoms. The van der Waals surface area contributed by atoms with Crippen molar-refractivity contribution < 1.29 is 4.79 Å². The van der Waals surface area contributed by atoms with E-state index in [0.717, 1.165) is 30.4 Å². The van der Waals surface area contributed by atoms with Gasteiger partial charge in [0.2, 0.25) is 5.91 Å². The molecule has 0 spiro atoms. The molecule has 142 valence electrons. The number of thiophene rings is 1. The summed E-state index contributed by atoms with van der Waals surface area (Å²) in [5.74, 6) is 1.31. The lowest BCUT2D eigenvalue weighted by Gasteiger charge is -2.11. The van der Waals surface area contributed by atoms with Crippen molar-refractivity contribution in [2.75, 3.05) is 5.75 Å². The van der Waals surface area contributed by atoms with Gasteiger partial charge >= 0.3 is 0 Å². The zero-order valence-electron chi connectivity index (χ0n) is 15.6. The Morgan fingerprint density at radius 2 is 2.00 bits per heavy atom. The van der Waals surface area contributed by atoms with E-state index < -0.39 is 0 Å². The third-order valence-electron chi connectivity index (χ3n) is 3.95. The highest BCUT2D eigenvalue weighted by molar-refractivity contribution is 7.99. The molecule has 1 amide bonds. The number of carbonyl (C=O) groups is 1. The van der Waals surface area contributed by atoms with Crippen LogP contribution in [-0.2, 0) is 24.2 Å². The second-order valence-corrected chi connectivity index (χ2v) is 8.53. The molecule has 0 aliphatic rings. The van der Waals surface area contributed by atoms with Gasteiger partial charge in [0, 0.05) is 23.9 Å². The summed E-state index contributed by atoms with van der Waals surface area (Å²) in [6.45, 7) is 4.72. The van der Waals surface area contributed by atoms with Gasteiger partial charge < -0.3 is 9.88 Å². The van der Waals surface area contributed by atoms with Crippen molar-refractivity contribution in [2.45, 2.75) is 44.4 Å². The first-order valence-corrected chi connectivity index (χ1v) is 10.9.